The lowest BCUT2D eigenvalue weighted by molar-refractivity contribution is -0.385. The van der Waals surface area contributed by atoms with Gasteiger partial charge in [0.15, 0.2) is 5.75 Å². The number of nitro groups is 1. The Morgan fingerprint density at radius 1 is 1.33 bits per heavy atom. The second-order valence-corrected chi connectivity index (χ2v) is 6.67. The molecule has 0 saturated carbocycles. The summed E-state index contributed by atoms with van der Waals surface area (Å²) < 4.78 is 6.13. The highest BCUT2D eigenvalue weighted by Crippen LogP contribution is 2.33. The Morgan fingerprint density at radius 2 is 2.00 bits per heavy atom. The number of halogens is 2. The van der Waals surface area contributed by atoms with Gasteiger partial charge in [-0.05, 0) is 49.2 Å². The van der Waals surface area contributed by atoms with Crippen molar-refractivity contribution in [1.29, 1.82) is 0 Å². The van der Waals surface area contributed by atoms with Crippen LogP contribution in [0.5, 0.6) is 5.75 Å². The number of hydrogen-bond donors (Lipinski definition) is 1. The maximum absolute atomic E-state index is 11.0. The average molecular weight is 414 g/mol. The number of rotatable bonds is 7. The van der Waals surface area contributed by atoms with Gasteiger partial charge in [-0.15, -0.1) is 0 Å². The van der Waals surface area contributed by atoms with Gasteiger partial charge in [-0.3, -0.25) is 10.1 Å². The van der Waals surface area contributed by atoms with Gasteiger partial charge >= 0.3 is 5.69 Å². The highest BCUT2D eigenvalue weighted by Gasteiger charge is 2.18. The van der Waals surface area contributed by atoms with Crippen molar-refractivity contribution in [2.24, 2.45) is 0 Å². The number of benzene rings is 2. The van der Waals surface area contributed by atoms with E-state index in [0.717, 1.165) is 10.0 Å². The Kier molecular flexibility index (Phi) is 6.60. The maximum atomic E-state index is 11.0. The molecular formula is C17H18BrClN2O3. The molecule has 0 aromatic heterocycles. The van der Waals surface area contributed by atoms with Crippen LogP contribution >= 0.6 is 27.5 Å². The Labute approximate surface area is 154 Å². The second-order valence-electron chi connectivity index (χ2n) is 5.35. The summed E-state index contributed by atoms with van der Waals surface area (Å²) in [5, 5.41) is 14.8. The molecule has 1 atom stereocenters. The van der Waals surface area contributed by atoms with E-state index < -0.39 is 4.92 Å². The number of hydrogen-bond acceptors (Lipinski definition) is 4. The summed E-state index contributed by atoms with van der Waals surface area (Å²) in [4.78, 5) is 10.5. The molecule has 0 saturated heterocycles. The molecule has 0 spiro atoms. The number of nitro benzene ring substituents is 1. The van der Waals surface area contributed by atoms with Gasteiger partial charge in [0.1, 0.15) is 0 Å². The summed E-state index contributed by atoms with van der Waals surface area (Å²) in [5.74, 6) is 0.223. The highest BCUT2D eigenvalue weighted by atomic mass is 79.9. The standard InChI is InChI=1S/C17H18BrClN2O3/c1-11(12-3-5-14(18)6-4-12)20-8-7-13-9-17(24-2)16(21(22)23)10-15(13)19/h3-6,9-11,20H,7-8H2,1-2H3. The first-order valence-corrected chi connectivity index (χ1v) is 8.59. The van der Waals surface area contributed by atoms with Crippen molar-refractivity contribution >= 4 is 33.2 Å². The van der Waals surface area contributed by atoms with Crippen LogP contribution in [-0.2, 0) is 6.42 Å². The normalized spacial score (nSPS) is 12.0. The van der Waals surface area contributed by atoms with Gasteiger partial charge in [-0.1, -0.05) is 39.7 Å². The molecule has 0 bridgehead atoms. The van der Waals surface area contributed by atoms with Crippen molar-refractivity contribution in [1.82, 2.24) is 5.32 Å². The third kappa shape index (κ3) is 4.69. The Bertz CT molecular complexity index is 723. The van der Waals surface area contributed by atoms with E-state index in [2.05, 4.69) is 40.3 Å². The molecule has 0 aliphatic heterocycles. The van der Waals surface area contributed by atoms with Crippen LogP contribution in [0, 0.1) is 10.1 Å². The van der Waals surface area contributed by atoms with Crippen molar-refractivity contribution < 1.29 is 9.66 Å². The molecule has 0 aliphatic rings. The molecule has 2 aromatic rings. The van der Waals surface area contributed by atoms with E-state index in [1.54, 1.807) is 6.07 Å². The Morgan fingerprint density at radius 3 is 2.58 bits per heavy atom. The van der Waals surface area contributed by atoms with Crippen molar-refractivity contribution in [3.05, 3.63) is 67.1 Å². The fourth-order valence-corrected chi connectivity index (χ4v) is 2.89. The van der Waals surface area contributed by atoms with Gasteiger partial charge < -0.3 is 10.1 Å². The van der Waals surface area contributed by atoms with E-state index in [0.29, 0.717) is 18.0 Å². The number of nitrogens with one attached hydrogen (secondary N) is 1. The van der Waals surface area contributed by atoms with Gasteiger partial charge in [0.25, 0.3) is 0 Å². The fraction of sp³-hybridized carbons (Fsp3) is 0.294. The summed E-state index contributed by atoms with van der Waals surface area (Å²) in [6.07, 6.45) is 0.647. The monoisotopic (exact) mass is 412 g/mol. The van der Waals surface area contributed by atoms with Crippen LogP contribution in [0.15, 0.2) is 40.9 Å². The van der Waals surface area contributed by atoms with Crippen LogP contribution in [0.4, 0.5) is 5.69 Å². The lowest BCUT2D eigenvalue weighted by Crippen LogP contribution is -2.21. The van der Waals surface area contributed by atoms with E-state index in [4.69, 9.17) is 16.3 Å². The minimum Gasteiger partial charge on any atom is -0.490 e. The molecule has 0 fully saturated rings. The fourth-order valence-electron chi connectivity index (χ4n) is 2.38. The topological polar surface area (TPSA) is 64.4 Å². The van der Waals surface area contributed by atoms with Crippen LogP contribution in [0.3, 0.4) is 0 Å². The van der Waals surface area contributed by atoms with Crippen molar-refractivity contribution in [2.75, 3.05) is 13.7 Å². The minimum absolute atomic E-state index is 0.123. The molecule has 7 heteroatoms. The molecule has 0 heterocycles. The quantitative estimate of drug-likeness (QED) is 0.517. The first-order chi connectivity index (χ1) is 11.4. The van der Waals surface area contributed by atoms with Crippen molar-refractivity contribution in [2.45, 2.75) is 19.4 Å². The molecule has 5 nitrogen and oxygen atoms in total. The maximum Gasteiger partial charge on any atom is 0.312 e. The molecular weight excluding hydrogens is 396 g/mol. The molecule has 2 aromatic carbocycles. The Balaban J connectivity index is 2.01. The first kappa shape index (κ1) is 18.7. The molecule has 0 amide bonds. The molecule has 0 radical (unpaired) electrons. The molecule has 1 unspecified atom stereocenters. The van der Waals surface area contributed by atoms with E-state index in [-0.39, 0.29) is 17.5 Å². The van der Waals surface area contributed by atoms with Crippen molar-refractivity contribution in [3.63, 3.8) is 0 Å². The lowest BCUT2D eigenvalue weighted by atomic mass is 10.1. The number of methoxy groups -OCH3 is 1. The summed E-state index contributed by atoms with van der Waals surface area (Å²) in [6, 6.07) is 11.3. The number of nitrogens with zero attached hydrogens (tertiary/aromatic N) is 1. The van der Waals surface area contributed by atoms with Crippen LogP contribution in [0.2, 0.25) is 5.02 Å². The lowest BCUT2D eigenvalue weighted by Gasteiger charge is -2.15. The van der Waals surface area contributed by atoms with Gasteiger partial charge in [-0.25, -0.2) is 0 Å². The first-order valence-electron chi connectivity index (χ1n) is 7.42. The number of ether oxygens (including phenoxy) is 1. The smallest absolute Gasteiger partial charge is 0.312 e. The Hall–Kier alpha value is -1.63. The molecule has 2 rings (SSSR count). The third-order valence-electron chi connectivity index (χ3n) is 3.76. The zero-order valence-electron chi connectivity index (χ0n) is 13.4. The van der Waals surface area contributed by atoms with E-state index in [9.17, 15) is 10.1 Å². The van der Waals surface area contributed by atoms with Crippen LogP contribution in [-0.4, -0.2) is 18.6 Å². The summed E-state index contributed by atoms with van der Waals surface area (Å²) >= 11 is 9.58. The van der Waals surface area contributed by atoms with Crippen LogP contribution in [0.25, 0.3) is 0 Å². The summed E-state index contributed by atoms with van der Waals surface area (Å²) in [7, 11) is 1.41. The van der Waals surface area contributed by atoms with E-state index in [1.807, 2.05) is 12.1 Å². The predicted octanol–water partition coefficient (Wildman–Crippen LogP) is 4.91. The van der Waals surface area contributed by atoms with E-state index >= 15 is 0 Å². The largest absolute Gasteiger partial charge is 0.490 e. The van der Waals surface area contributed by atoms with Gasteiger partial charge in [0, 0.05) is 16.6 Å². The molecule has 0 aliphatic carbocycles. The third-order valence-corrected chi connectivity index (χ3v) is 4.64. The molecule has 1 N–H and O–H groups in total. The van der Waals surface area contributed by atoms with Crippen LogP contribution < -0.4 is 10.1 Å². The summed E-state index contributed by atoms with van der Waals surface area (Å²) in [6.45, 7) is 2.78. The SMILES string of the molecule is COc1cc(CCNC(C)c2ccc(Br)cc2)c(Cl)cc1[N+](=O)[O-]. The predicted molar refractivity (Wildman–Crippen MR) is 98.9 cm³/mol. The van der Waals surface area contributed by atoms with Gasteiger partial charge in [0.2, 0.25) is 0 Å². The second kappa shape index (κ2) is 8.46. The zero-order chi connectivity index (χ0) is 17.7. The zero-order valence-corrected chi connectivity index (χ0v) is 15.7. The average Bonchev–Trinajstić information content (AvgIpc) is 2.56. The van der Waals surface area contributed by atoms with E-state index in [1.165, 1.54) is 18.7 Å². The van der Waals surface area contributed by atoms with Gasteiger partial charge in [0.05, 0.1) is 17.1 Å². The highest BCUT2D eigenvalue weighted by molar-refractivity contribution is 9.10. The van der Waals surface area contributed by atoms with Gasteiger partial charge in [-0.2, -0.15) is 0 Å². The molecule has 128 valence electrons. The molecule has 24 heavy (non-hydrogen) atoms. The minimum atomic E-state index is -0.498. The van der Waals surface area contributed by atoms with Crippen molar-refractivity contribution in [3.8, 4) is 5.75 Å². The summed E-state index contributed by atoms with van der Waals surface area (Å²) in [5.41, 5.74) is 1.88. The van der Waals surface area contributed by atoms with Crippen LogP contribution in [0.1, 0.15) is 24.1 Å².